The van der Waals surface area contributed by atoms with Crippen LogP contribution in [0.5, 0.6) is 5.75 Å². The standard InChI is InChI=1S/C21H20FN3O2/c22-19-7-3-4-8-20(19)25-14-15(13-23-25)21(26)24-16-9-11-18(12-10-16)27-17-5-1-2-6-17/h3-4,7-14,17H,1-2,5-6H2,(H,24,26). The number of ether oxygens (including phenoxy) is 1. The number of anilines is 1. The number of carbonyl (C=O) groups is 1. The molecular weight excluding hydrogens is 345 g/mol. The molecule has 0 aliphatic heterocycles. The molecule has 0 atom stereocenters. The van der Waals surface area contributed by atoms with E-state index in [1.54, 1.807) is 18.2 Å². The Labute approximate surface area is 156 Å². The van der Waals surface area contributed by atoms with Crippen LogP contribution in [0, 0.1) is 5.82 Å². The highest BCUT2D eigenvalue weighted by Crippen LogP contribution is 2.25. The fourth-order valence-corrected chi connectivity index (χ4v) is 3.23. The van der Waals surface area contributed by atoms with Crippen LogP contribution in [0.15, 0.2) is 60.9 Å². The van der Waals surface area contributed by atoms with Gasteiger partial charge < -0.3 is 10.1 Å². The molecule has 138 valence electrons. The molecule has 27 heavy (non-hydrogen) atoms. The molecule has 0 spiro atoms. The van der Waals surface area contributed by atoms with Crippen molar-refractivity contribution in [2.45, 2.75) is 31.8 Å². The number of amides is 1. The number of aromatic nitrogens is 2. The maximum atomic E-state index is 13.8. The number of hydrogen-bond donors (Lipinski definition) is 1. The highest BCUT2D eigenvalue weighted by molar-refractivity contribution is 6.04. The number of halogens is 1. The van der Waals surface area contributed by atoms with Gasteiger partial charge >= 0.3 is 0 Å². The Morgan fingerprint density at radius 2 is 1.85 bits per heavy atom. The van der Waals surface area contributed by atoms with Crippen LogP contribution in [0.1, 0.15) is 36.0 Å². The minimum absolute atomic E-state index is 0.296. The van der Waals surface area contributed by atoms with Crippen LogP contribution in [-0.4, -0.2) is 21.8 Å². The Morgan fingerprint density at radius 1 is 1.11 bits per heavy atom. The van der Waals surface area contributed by atoms with Gasteiger partial charge in [0.15, 0.2) is 0 Å². The fraction of sp³-hybridized carbons (Fsp3) is 0.238. The summed E-state index contributed by atoms with van der Waals surface area (Å²) < 4.78 is 21.1. The van der Waals surface area contributed by atoms with Gasteiger partial charge in [0.25, 0.3) is 5.91 Å². The maximum Gasteiger partial charge on any atom is 0.258 e. The van der Waals surface area contributed by atoms with Crippen molar-refractivity contribution in [3.8, 4) is 11.4 Å². The summed E-state index contributed by atoms with van der Waals surface area (Å²) in [4.78, 5) is 12.4. The molecule has 3 aromatic rings. The third kappa shape index (κ3) is 4.00. The topological polar surface area (TPSA) is 56.1 Å². The average molecular weight is 365 g/mol. The molecule has 0 bridgehead atoms. The lowest BCUT2D eigenvalue weighted by atomic mass is 10.2. The number of rotatable bonds is 5. The minimum atomic E-state index is -0.398. The van der Waals surface area contributed by atoms with Crippen molar-refractivity contribution in [3.63, 3.8) is 0 Å². The predicted octanol–water partition coefficient (Wildman–Crippen LogP) is 4.59. The Morgan fingerprint density at radius 3 is 2.59 bits per heavy atom. The molecule has 1 amide bonds. The van der Waals surface area contributed by atoms with E-state index in [-0.39, 0.29) is 5.91 Å². The molecule has 1 saturated carbocycles. The molecule has 5 nitrogen and oxygen atoms in total. The first-order valence-corrected chi connectivity index (χ1v) is 9.07. The van der Waals surface area contributed by atoms with Gasteiger partial charge in [-0.25, -0.2) is 9.07 Å². The van der Waals surface area contributed by atoms with Crippen LogP contribution >= 0.6 is 0 Å². The SMILES string of the molecule is O=C(Nc1ccc(OC2CCCC2)cc1)c1cnn(-c2ccccc2F)c1. The summed E-state index contributed by atoms with van der Waals surface area (Å²) in [6.45, 7) is 0. The first-order valence-electron chi connectivity index (χ1n) is 9.07. The summed E-state index contributed by atoms with van der Waals surface area (Å²) >= 11 is 0. The fourth-order valence-electron chi connectivity index (χ4n) is 3.23. The molecule has 2 aromatic carbocycles. The summed E-state index contributed by atoms with van der Waals surface area (Å²) in [6.07, 6.45) is 7.87. The Hall–Kier alpha value is -3.15. The minimum Gasteiger partial charge on any atom is -0.490 e. The number of hydrogen-bond acceptors (Lipinski definition) is 3. The van der Waals surface area contributed by atoms with Crippen molar-refractivity contribution in [2.75, 3.05) is 5.32 Å². The molecule has 6 heteroatoms. The first-order chi connectivity index (χ1) is 13.2. The zero-order chi connectivity index (χ0) is 18.6. The number of carbonyl (C=O) groups excluding carboxylic acids is 1. The second-order valence-electron chi connectivity index (χ2n) is 6.63. The number of nitrogens with zero attached hydrogens (tertiary/aromatic N) is 2. The third-order valence-corrected chi connectivity index (χ3v) is 4.66. The molecule has 0 saturated heterocycles. The van der Waals surface area contributed by atoms with E-state index in [0.717, 1.165) is 18.6 Å². The summed E-state index contributed by atoms with van der Waals surface area (Å²) in [7, 11) is 0. The van der Waals surface area contributed by atoms with E-state index in [1.165, 1.54) is 36.0 Å². The van der Waals surface area contributed by atoms with Gasteiger partial charge in [0, 0.05) is 11.9 Å². The van der Waals surface area contributed by atoms with E-state index in [1.807, 2.05) is 24.3 Å². The molecule has 0 radical (unpaired) electrons. The zero-order valence-corrected chi connectivity index (χ0v) is 14.8. The second kappa shape index (κ2) is 7.61. The van der Waals surface area contributed by atoms with E-state index < -0.39 is 5.82 Å². The molecule has 1 N–H and O–H groups in total. The monoisotopic (exact) mass is 365 g/mol. The van der Waals surface area contributed by atoms with Gasteiger partial charge in [-0.2, -0.15) is 5.10 Å². The van der Waals surface area contributed by atoms with Crippen LogP contribution in [-0.2, 0) is 0 Å². The van der Waals surface area contributed by atoms with E-state index in [0.29, 0.717) is 23.0 Å². The van der Waals surface area contributed by atoms with Gasteiger partial charge in [0.2, 0.25) is 0 Å². The van der Waals surface area contributed by atoms with E-state index in [9.17, 15) is 9.18 Å². The lowest BCUT2D eigenvalue weighted by Crippen LogP contribution is -2.12. The van der Waals surface area contributed by atoms with Crippen LogP contribution < -0.4 is 10.1 Å². The average Bonchev–Trinajstić information content (AvgIpc) is 3.36. The molecular formula is C21H20FN3O2. The molecule has 0 unspecified atom stereocenters. The van der Waals surface area contributed by atoms with Crippen LogP contribution in [0.2, 0.25) is 0 Å². The van der Waals surface area contributed by atoms with Gasteiger partial charge in [-0.05, 0) is 62.1 Å². The zero-order valence-electron chi connectivity index (χ0n) is 14.8. The molecule has 1 fully saturated rings. The summed E-state index contributed by atoms with van der Waals surface area (Å²) in [5.74, 6) is 0.111. The summed E-state index contributed by atoms with van der Waals surface area (Å²) in [5, 5.41) is 6.89. The molecule has 1 aromatic heterocycles. The second-order valence-corrected chi connectivity index (χ2v) is 6.63. The first kappa shape index (κ1) is 17.3. The molecule has 1 aliphatic rings. The van der Waals surface area contributed by atoms with Crippen molar-refractivity contribution in [1.82, 2.24) is 9.78 Å². The van der Waals surface area contributed by atoms with Crippen molar-refractivity contribution in [2.24, 2.45) is 0 Å². The van der Waals surface area contributed by atoms with Gasteiger partial charge in [-0.1, -0.05) is 12.1 Å². The summed E-state index contributed by atoms with van der Waals surface area (Å²) in [6, 6.07) is 13.6. The maximum absolute atomic E-state index is 13.8. The van der Waals surface area contributed by atoms with E-state index >= 15 is 0 Å². The number of para-hydroxylation sites is 1. The highest BCUT2D eigenvalue weighted by atomic mass is 19.1. The normalized spacial score (nSPS) is 14.3. The Bertz CT molecular complexity index is 931. The quantitative estimate of drug-likeness (QED) is 0.720. The predicted molar refractivity (Wildman–Crippen MR) is 101 cm³/mol. The smallest absolute Gasteiger partial charge is 0.258 e. The largest absolute Gasteiger partial charge is 0.490 e. The Kier molecular flexibility index (Phi) is 4.87. The molecule has 4 rings (SSSR count). The van der Waals surface area contributed by atoms with Crippen LogP contribution in [0.25, 0.3) is 5.69 Å². The van der Waals surface area contributed by atoms with Gasteiger partial charge in [-0.3, -0.25) is 4.79 Å². The van der Waals surface area contributed by atoms with Crippen molar-refractivity contribution in [3.05, 3.63) is 72.3 Å². The van der Waals surface area contributed by atoms with E-state index in [4.69, 9.17) is 4.74 Å². The molecule has 1 heterocycles. The highest BCUT2D eigenvalue weighted by Gasteiger charge is 2.16. The number of nitrogens with one attached hydrogen (secondary N) is 1. The Balaban J connectivity index is 1.41. The van der Waals surface area contributed by atoms with Crippen molar-refractivity contribution in [1.29, 1.82) is 0 Å². The van der Waals surface area contributed by atoms with Crippen molar-refractivity contribution < 1.29 is 13.9 Å². The van der Waals surface area contributed by atoms with Gasteiger partial charge in [0.05, 0.1) is 17.9 Å². The van der Waals surface area contributed by atoms with Gasteiger partial charge in [0.1, 0.15) is 17.3 Å². The van der Waals surface area contributed by atoms with E-state index in [2.05, 4.69) is 10.4 Å². The number of benzene rings is 2. The third-order valence-electron chi connectivity index (χ3n) is 4.66. The lowest BCUT2D eigenvalue weighted by molar-refractivity contribution is 0.102. The van der Waals surface area contributed by atoms with Crippen LogP contribution in [0.4, 0.5) is 10.1 Å². The lowest BCUT2D eigenvalue weighted by Gasteiger charge is -2.13. The summed E-state index contributed by atoms with van der Waals surface area (Å²) in [5.41, 5.74) is 1.31. The van der Waals surface area contributed by atoms with Gasteiger partial charge in [-0.15, -0.1) is 0 Å². The molecule has 1 aliphatic carbocycles. The van der Waals surface area contributed by atoms with Crippen molar-refractivity contribution >= 4 is 11.6 Å². The van der Waals surface area contributed by atoms with Crippen LogP contribution in [0.3, 0.4) is 0 Å².